The van der Waals surface area contributed by atoms with Crippen molar-refractivity contribution in [2.75, 3.05) is 31.1 Å². The molecular weight excluding hydrogens is 332 g/mol. The zero-order chi connectivity index (χ0) is 15.5. The Hall–Kier alpha value is -0.470. The molecule has 0 aromatic heterocycles. The van der Waals surface area contributed by atoms with Crippen LogP contribution in [0.2, 0.25) is 5.02 Å². The first-order valence-electron chi connectivity index (χ1n) is 6.79. The lowest BCUT2D eigenvalue weighted by Gasteiger charge is -2.25. The van der Waals surface area contributed by atoms with Gasteiger partial charge in [0.2, 0.25) is 10.0 Å². The summed E-state index contributed by atoms with van der Waals surface area (Å²) >= 11 is 6.16. The molecule has 0 saturated carbocycles. The van der Waals surface area contributed by atoms with E-state index in [9.17, 15) is 12.6 Å². The molecule has 0 aliphatic carbocycles. The standard InChI is InChI=1S/C13H19ClN2O3S2/c1-2-15-10-11-3-4-12(9-13(11)14)21(18,19)16-5-7-20(17)8-6-16/h3-4,9,15H,2,5-8,10H2,1H3. The minimum absolute atomic E-state index is 0.195. The van der Waals surface area contributed by atoms with Gasteiger partial charge in [-0.1, -0.05) is 24.6 Å². The molecule has 118 valence electrons. The fourth-order valence-corrected chi connectivity index (χ4v) is 5.17. The van der Waals surface area contributed by atoms with Gasteiger partial charge in [-0.15, -0.1) is 0 Å². The van der Waals surface area contributed by atoms with Crippen LogP contribution in [0.1, 0.15) is 12.5 Å². The highest BCUT2D eigenvalue weighted by Crippen LogP contribution is 2.24. The van der Waals surface area contributed by atoms with Gasteiger partial charge in [-0.05, 0) is 24.2 Å². The fraction of sp³-hybridized carbons (Fsp3) is 0.538. The van der Waals surface area contributed by atoms with Gasteiger partial charge in [0.15, 0.2) is 0 Å². The lowest BCUT2D eigenvalue weighted by Crippen LogP contribution is -2.41. The zero-order valence-electron chi connectivity index (χ0n) is 11.8. The van der Waals surface area contributed by atoms with Crippen molar-refractivity contribution in [3.63, 3.8) is 0 Å². The van der Waals surface area contributed by atoms with Crippen LogP contribution in [0, 0.1) is 0 Å². The average molecular weight is 351 g/mol. The topological polar surface area (TPSA) is 66.5 Å². The number of benzene rings is 1. The summed E-state index contributed by atoms with van der Waals surface area (Å²) in [6, 6.07) is 4.81. The summed E-state index contributed by atoms with van der Waals surface area (Å²) in [7, 11) is -4.46. The number of hydrogen-bond donors (Lipinski definition) is 1. The SMILES string of the molecule is CCNCc1ccc(S(=O)(=O)N2CCS(=O)CC2)cc1Cl. The first-order chi connectivity index (χ1) is 9.95. The second-order valence-electron chi connectivity index (χ2n) is 4.79. The molecule has 1 aliphatic rings. The van der Waals surface area contributed by atoms with Crippen LogP contribution in [-0.2, 0) is 27.4 Å². The van der Waals surface area contributed by atoms with E-state index in [-0.39, 0.29) is 4.90 Å². The van der Waals surface area contributed by atoms with Gasteiger partial charge in [-0.2, -0.15) is 4.31 Å². The predicted molar refractivity (Wildman–Crippen MR) is 85.5 cm³/mol. The number of nitrogens with one attached hydrogen (secondary N) is 1. The van der Waals surface area contributed by atoms with Crippen molar-refractivity contribution in [3.05, 3.63) is 28.8 Å². The minimum atomic E-state index is -3.55. The van der Waals surface area contributed by atoms with Crippen LogP contribution in [0.3, 0.4) is 0 Å². The molecule has 1 aromatic carbocycles. The third-order valence-corrected chi connectivity index (χ3v) is 6.89. The lowest BCUT2D eigenvalue weighted by molar-refractivity contribution is 0.438. The molecule has 1 saturated heterocycles. The average Bonchev–Trinajstić information content (AvgIpc) is 2.46. The molecule has 0 amide bonds. The Morgan fingerprint density at radius 1 is 1.33 bits per heavy atom. The van der Waals surface area contributed by atoms with Gasteiger partial charge in [-0.25, -0.2) is 8.42 Å². The molecule has 1 N–H and O–H groups in total. The largest absolute Gasteiger partial charge is 0.313 e. The molecule has 8 heteroatoms. The summed E-state index contributed by atoms with van der Waals surface area (Å²) in [5.74, 6) is 0.789. The van der Waals surface area contributed by atoms with Crippen molar-refractivity contribution < 1.29 is 12.6 Å². The zero-order valence-corrected chi connectivity index (χ0v) is 14.2. The Morgan fingerprint density at radius 2 is 2.00 bits per heavy atom. The second-order valence-corrected chi connectivity index (χ2v) is 8.83. The van der Waals surface area contributed by atoms with E-state index in [0.717, 1.165) is 12.1 Å². The first kappa shape index (κ1) is 16.9. The molecule has 5 nitrogen and oxygen atoms in total. The van der Waals surface area contributed by atoms with E-state index in [0.29, 0.717) is 36.2 Å². The lowest BCUT2D eigenvalue weighted by atomic mass is 10.2. The molecule has 21 heavy (non-hydrogen) atoms. The molecule has 1 aliphatic heterocycles. The summed E-state index contributed by atoms with van der Waals surface area (Å²) in [4.78, 5) is 0.195. The molecule has 0 atom stereocenters. The first-order valence-corrected chi connectivity index (χ1v) is 10.1. The quantitative estimate of drug-likeness (QED) is 0.866. The number of halogens is 1. The Labute approximate surface area is 133 Å². The van der Waals surface area contributed by atoms with Crippen molar-refractivity contribution >= 4 is 32.4 Å². The molecule has 1 fully saturated rings. The molecule has 2 rings (SSSR count). The van der Waals surface area contributed by atoms with Gasteiger partial charge in [0.05, 0.1) is 4.90 Å². The van der Waals surface area contributed by atoms with Crippen LogP contribution >= 0.6 is 11.6 Å². The van der Waals surface area contributed by atoms with Gasteiger partial charge in [-0.3, -0.25) is 4.21 Å². The third-order valence-electron chi connectivity index (χ3n) is 3.36. The van der Waals surface area contributed by atoms with Gasteiger partial charge in [0.1, 0.15) is 0 Å². The van der Waals surface area contributed by atoms with Crippen molar-refractivity contribution in [3.8, 4) is 0 Å². The Bertz CT molecular complexity index is 624. The maximum atomic E-state index is 12.5. The van der Waals surface area contributed by atoms with Crippen LogP contribution in [0.4, 0.5) is 0 Å². The Morgan fingerprint density at radius 3 is 2.57 bits per heavy atom. The smallest absolute Gasteiger partial charge is 0.243 e. The summed E-state index contributed by atoms with van der Waals surface area (Å²) in [5.41, 5.74) is 0.872. The molecular formula is C13H19ClN2O3S2. The monoisotopic (exact) mass is 350 g/mol. The fourth-order valence-electron chi connectivity index (χ4n) is 2.10. The second kappa shape index (κ2) is 7.19. The number of hydrogen-bond acceptors (Lipinski definition) is 4. The van der Waals surface area contributed by atoms with Crippen molar-refractivity contribution in [1.29, 1.82) is 0 Å². The Kier molecular flexibility index (Phi) is 5.79. The normalized spacial score (nSPS) is 18.0. The van der Waals surface area contributed by atoms with Crippen LogP contribution in [0.15, 0.2) is 23.1 Å². The maximum Gasteiger partial charge on any atom is 0.243 e. The van der Waals surface area contributed by atoms with E-state index in [1.165, 1.54) is 10.4 Å². The summed E-state index contributed by atoms with van der Waals surface area (Å²) < 4.78 is 37.8. The van der Waals surface area contributed by atoms with Crippen LogP contribution < -0.4 is 5.32 Å². The van der Waals surface area contributed by atoms with E-state index < -0.39 is 20.8 Å². The van der Waals surface area contributed by atoms with E-state index in [1.54, 1.807) is 12.1 Å². The molecule has 0 unspecified atom stereocenters. The highest BCUT2D eigenvalue weighted by Gasteiger charge is 2.28. The number of nitrogens with zero attached hydrogens (tertiary/aromatic N) is 1. The molecule has 1 aromatic rings. The molecule has 0 spiro atoms. The summed E-state index contributed by atoms with van der Waals surface area (Å²) in [6.45, 7) is 4.02. The van der Waals surface area contributed by atoms with Crippen LogP contribution in [0.5, 0.6) is 0 Å². The van der Waals surface area contributed by atoms with Crippen molar-refractivity contribution in [2.45, 2.75) is 18.4 Å². The predicted octanol–water partition coefficient (Wildman–Crippen LogP) is 1.20. The van der Waals surface area contributed by atoms with Gasteiger partial charge >= 0.3 is 0 Å². The molecule has 0 bridgehead atoms. The van der Waals surface area contributed by atoms with E-state index >= 15 is 0 Å². The number of sulfonamides is 1. The van der Waals surface area contributed by atoms with E-state index in [2.05, 4.69) is 5.32 Å². The van der Waals surface area contributed by atoms with Gasteiger partial charge < -0.3 is 5.32 Å². The van der Waals surface area contributed by atoms with E-state index in [4.69, 9.17) is 11.6 Å². The van der Waals surface area contributed by atoms with Gasteiger partial charge in [0.25, 0.3) is 0 Å². The van der Waals surface area contributed by atoms with Crippen LogP contribution in [-0.4, -0.2) is 48.1 Å². The highest BCUT2D eigenvalue weighted by molar-refractivity contribution is 7.89. The Balaban J connectivity index is 2.20. The summed E-state index contributed by atoms with van der Waals surface area (Å²) in [6.07, 6.45) is 0. The maximum absolute atomic E-state index is 12.5. The molecule has 0 radical (unpaired) electrons. The van der Waals surface area contributed by atoms with Crippen LogP contribution in [0.25, 0.3) is 0 Å². The van der Waals surface area contributed by atoms with Crippen molar-refractivity contribution in [2.24, 2.45) is 0 Å². The summed E-state index contributed by atoms with van der Waals surface area (Å²) in [5, 5.41) is 3.60. The minimum Gasteiger partial charge on any atom is -0.313 e. The van der Waals surface area contributed by atoms with Gasteiger partial charge in [0, 0.05) is 47.0 Å². The molecule has 1 heterocycles. The van der Waals surface area contributed by atoms with Crippen molar-refractivity contribution in [1.82, 2.24) is 9.62 Å². The van der Waals surface area contributed by atoms with E-state index in [1.807, 2.05) is 6.92 Å². The third kappa shape index (κ3) is 4.04. The highest BCUT2D eigenvalue weighted by atomic mass is 35.5. The number of rotatable bonds is 5.